The van der Waals surface area contributed by atoms with Gasteiger partial charge in [-0.1, -0.05) is 42.5 Å². The minimum Gasteiger partial charge on any atom is -0.482 e. The fraction of sp³-hybridized carbons (Fsp3) is 0.250. The third kappa shape index (κ3) is 8.06. The minimum absolute atomic E-state index is 0.138. The second-order valence-electron chi connectivity index (χ2n) is 5.64. The van der Waals surface area contributed by atoms with Crippen LogP contribution in [0.3, 0.4) is 0 Å². The van der Waals surface area contributed by atoms with Crippen molar-refractivity contribution < 1.29 is 22.7 Å². The molecule has 0 heterocycles. The predicted molar refractivity (Wildman–Crippen MR) is 105 cm³/mol. The molecule has 0 aliphatic heterocycles. The van der Waals surface area contributed by atoms with Gasteiger partial charge in [-0.3, -0.25) is 0 Å². The molecule has 2 aromatic carbocycles. The number of benzene rings is 2. The van der Waals surface area contributed by atoms with Gasteiger partial charge >= 0.3 is 5.97 Å². The van der Waals surface area contributed by atoms with Gasteiger partial charge in [-0.2, -0.15) is 0 Å². The van der Waals surface area contributed by atoms with Crippen molar-refractivity contribution in [2.75, 3.05) is 19.8 Å². The molecule has 7 heteroatoms. The Labute approximate surface area is 159 Å². The summed E-state index contributed by atoms with van der Waals surface area (Å²) in [5.41, 5.74) is 1.77. The molecule has 144 valence electrons. The van der Waals surface area contributed by atoms with Crippen LogP contribution in [0.5, 0.6) is 5.75 Å². The van der Waals surface area contributed by atoms with E-state index in [0.29, 0.717) is 18.8 Å². The van der Waals surface area contributed by atoms with Crippen molar-refractivity contribution in [2.45, 2.75) is 13.3 Å². The number of ether oxygens (including phenoxy) is 2. The van der Waals surface area contributed by atoms with Crippen LogP contribution < -0.4 is 9.46 Å². The zero-order valence-electron chi connectivity index (χ0n) is 15.1. The molecule has 0 atom stereocenters. The summed E-state index contributed by atoms with van der Waals surface area (Å²) in [6, 6.07) is 16.4. The summed E-state index contributed by atoms with van der Waals surface area (Å²) in [4.78, 5) is 11.2. The molecule has 0 unspecified atom stereocenters. The van der Waals surface area contributed by atoms with Crippen molar-refractivity contribution in [3.8, 4) is 5.75 Å². The summed E-state index contributed by atoms with van der Waals surface area (Å²) in [6.45, 7) is 2.20. The van der Waals surface area contributed by atoms with Crippen LogP contribution in [0.4, 0.5) is 0 Å². The Hall–Kier alpha value is -2.64. The Morgan fingerprint density at radius 3 is 2.44 bits per heavy atom. The van der Waals surface area contributed by atoms with Gasteiger partial charge in [0, 0.05) is 12.0 Å². The van der Waals surface area contributed by atoms with Crippen LogP contribution in [0.15, 0.2) is 60.0 Å². The van der Waals surface area contributed by atoms with E-state index in [1.165, 1.54) is 0 Å². The maximum absolute atomic E-state index is 12.0. The van der Waals surface area contributed by atoms with Gasteiger partial charge in [-0.25, -0.2) is 17.9 Å². The van der Waals surface area contributed by atoms with E-state index in [9.17, 15) is 13.2 Å². The number of carbonyl (C=O) groups is 1. The van der Waals surface area contributed by atoms with Gasteiger partial charge in [0.2, 0.25) is 10.0 Å². The highest BCUT2D eigenvalue weighted by Crippen LogP contribution is 2.12. The summed E-state index contributed by atoms with van der Waals surface area (Å²) in [5, 5.41) is 1.16. The zero-order chi connectivity index (χ0) is 19.5. The highest BCUT2D eigenvalue weighted by atomic mass is 32.2. The van der Waals surface area contributed by atoms with Crippen LogP contribution >= 0.6 is 0 Å². The van der Waals surface area contributed by atoms with Gasteiger partial charge < -0.3 is 9.47 Å². The van der Waals surface area contributed by atoms with Crippen LogP contribution in [0.1, 0.15) is 18.1 Å². The van der Waals surface area contributed by atoms with Crippen molar-refractivity contribution in [3.05, 3.63) is 71.1 Å². The molecule has 0 radical (unpaired) electrons. The topological polar surface area (TPSA) is 81.7 Å². The monoisotopic (exact) mass is 389 g/mol. The molecule has 0 aliphatic rings. The third-order valence-corrected chi connectivity index (χ3v) is 4.64. The highest BCUT2D eigenvalue weighted by molar-refractivity contribution is 7.92. The van der Waals surface area contributed by atoms with Gasteiger partial charge in [0.1, 0.15) is 5.75 Å². The Morgan fingerprint density at radius 2 is 1.78 bits per heavy atom. The predicted octanol–water partition coefficient (Wildman–Crippen LogP) is 2.76. The lowest BCUT2D eigenvalue weighted by atomic mass is 10.1. The summed E-state index contributed by atoms with van der Waals surface area (Å²) >= 11 is 0. The highest BCUT2D eigenvalue weighted by Gasteiger charge is 2.06. The average molecular weight is 389 g/mol. The van der Waals surface area contributed by atoms with Crippen molar-refractivity contribution in [1.29, 1.82) is 0 Å². The first-order valence-corrected chi connectivity index (χ1v) is 10.1. The van der Waals surface area contributed by atoms with Crippen molar-refractivity contribution in [2.24, 2.45) is 0 Å². The summed E-state index contributed by atoms with van der Waals surface area (Å²) in [5.74, 6) is 0.137. The molecule has 2 rings (SSSR count). The van der Waals surface area contributed by atoms with E-state index >= 15 is 0 Å². The van der Waals surface area contributed by atoms with Crippen LogP contribution in [0, 0.1) is 0 Å². The standard InChI is InChI=1S/C20H23NO5S/c1-2-25-20(22)16-26-19-10-8-18(9-11-19)12-14-21-27(23,24)15-13-17-6-4-3-5-7-17/h3-11,13,15,21H,2,12,14,16H2,1H3. The van der Waals surface area contributed by atoms with Gasteiger partial charge in [-0.15, -0.1) is 0 Å². The van der Waals surface area contributed by atoms with Crippen LogP contribution in [-0.4, -0.2) is 34.1 Å². The lowest BCUT2D eigenvalue weighted by Gasteiger charge is -2.07. The molecule has 0 fully saturated rings. The molecule has 27 heavy (non-hydrogen) atoms. The van der Waals surface area contributed by atoms with E-state index in [0.717, 1.165) is 16.5 Å². The van der Waals surface area contributed by atoms with E-state index in [1.807, 2.05) is 42.5 Å². The fourth-order valence-electron chi connectivity index (χ4n) is 2.22. The third-order valence-electron chi connectivity index (χ3n) is 3.54. The molecular formula is C20H23NO5S. The molecule has 6 nitrogen and oxygen atoms in total. The Morgan fingerprint density at radius 1 is 1.07 bits per heavy atom. The smallest absolute Gasteiger partial charge is 0.344 e. The molecule has 0 spiro atoms. The van der Waals surface area contributed by atoms with Gasteiger partial charge in [0.25, 0.3) is 0 Å². The normalized spacial score (nSPS) is 11.4. The number of nitrogens with one attached hydrogen (secondary N) is 1. The fourth-order valence-corrected chi connectivity index (χ4v) is 3.03. The SMILES string of the molecule is CCOC(=O)COc1ccc(CCNS(=O)(=O)C=Cc2ccccc2)cc1. The first-order chi connectivity index (χ1) is 13.0. The average Bonchev–Trinajstić information content (AvgIpc) is 2.67. The molecule has 2 aromatic rings. The first kappa shape index (κ1) is 20.7. The van der Waals surface area contributed by atoms with E-state index in [1.54, 1.807) is 25.1 Å². The second-order valence-corrected chi connectivity index (χ2v) is 7.29. The molecule has 0 saturated carbocycles. The van der Waals surface area contributed by atoms with Gasteiger partial charge in [0.15, 0.2) is 6.61 Å². The molecule has 0 bridgehead atoms. The number of rotatable bonds is 10. The molecule has 0 aromatic heterocycles. The molecule has 0 aliphatic carbocycles. The van der Waals surface area contributed by atoms with E-state index in [4.69, 9.17) is 9.47 Å². The zero-order valence-corrected chi connectivity index (χ0v) is 15.9. The lowest BCUT2D eigenvalue weighted by molar-refractivity contribution is -0.145. The first-order valence-electron chi connectivity index (χ1n) is 8.58. The van der Waals surface area contributed by atoms with Gasteiger partial charge in [-0.05, 0) is 42.7 Å². The Balaban J connectivity index is 1.77. The number of hydrogen-bond donors (Lipinski definition) is 1. The van der Waals surface area contributed by atoms with Crippen LogP contribution in [0.2, 0.25) is 0 Å². The summed E-state index contributed by atoms with van der Waals surface area (Å²) in [7, 11) is -3.49. The minimum atomic E-state index is -3.49. The maximum atomic E-state index is 12.0. The maximum Gasteiger partial charge on any atom is 0.344 e. The van der Waals surface area contributed by atoms with Gasteiger partial charge in [0.05, 0.1) is 6.61 Å². The van der Waals surface area contributed by atoms with E-state index in [2.05, 4.69) is 4.72 Å². The van der Waals surface area contributed by atoms with Crippen LogP contribution in [-0.2, 0) is 26.0 Å². The molecular weight excluding hydrogens is 366 g/mol. The van der Waals surface area contributed by atoms with Crippen molar-refractivity contribution in [3.63, 3.8) is 0 Å². The second kappa shape index (κ2) is 10.5. The molecule has 1 N–H and O–H groups in total. The molecule has 0 amide bonds. The quantitative estimate of drug-likeness (QED) is 0.632. The molecule has 0 saturated heterocycles. The number of sulfonamides is 1. The van der Waals surface area contributed by atoms with E-state index < -0.39 is 16.0 Å². The van der Waals surface area contributed by atoms with Crippen LogP contribution in [0.25, 0.3) is 6.08 Å². The number of hydrogen-bond acceptors (Lipinski definition) is 5. The summed E-state index contributed by atoms with van der Waals surface area (Å²) in [6.07, 6.45) is 2.09. The Bertz CT molecular complexity index is 846. The van der Waals surface area contributed by atoms with Crippen molar-refractivity contribution in [1.82, 2.24) is 4.72 Å². The summed E-state index contributed by atoms with van der Waals surface area (Å²) < 4.78 is 36.6. The van der Waals surface area contributed by atoms with E-state index in [-0.39, 0.29) is 13.2 Å². The largest absolute Gasteiger partial charge is 0.482 e. The Kier molecular flexibility index (Phi) is 8.03. The number of esters is 1. The van der Waals surface area contributed by atoms with Crippen molar-refractivity contribution >= 4 is 22.1 Å². The number of carbonyl (C=O) groups excluding carboxylic acids is 1. The lowest BCUT2D eigenvalue weighted by Crippen LogP contribution is -2.23.